The lowest BCUT2D eigenvalue weighted by atomic mass is 9.88. The highest BCUT2D eigenvalue weighted by atomic mass is 32.1. The van der Waals surface area contributed by atoms with Crippen LogP contribution in [-0.2, 0) is 0 Å². The van der Waals surface area contributed by atoms with E-state index in [-0.39, 0.29) is 0 Å². The fourth-order valence-corrected chi connectivity index (χ4v) is 25.1. The molecule has 0 fully saturated rings. The van der Waals surface area contributed by atoms with E-state index in [0.29, 0.717) is 33.6 Å². The van der Waals surface area contributed by atoms with Crippen molar-refractivity contribution in [2.45, 2.75) is 0 Å². The topological polar surface area (TPSA) is 76.0 Å². The number of aromatic nitrogens is 4. The van der Waals surface area contributed by atoms with Crippen LogP contribution in [0.3, 0.4) is 0 Å². The van der Waals surface area contributed by atoms with Gasteiger partial charge in [-0.15, -0.1) is 45.3 Å². The van der Waals surface area contributed by atoms with Crippen molar-refractivity contribution in [3.8, 4) is 79.4 Å². The van der Waals surface area contributed by atoms with Crippen LogP contribution in [0.5, 0.6) is 0 Å². The number of fused-ring (bicyclic) bond motifs is 28. The molecule has 0 N–H and O–H groups in total. The molecule has 0 aliphatic heterocycles. The molecule has 124 heavy (non-hydrogen) atoms. The maximum absolute atomic E-state index is 11.8. The zero-order valence-electron chi connectivity index (χ0n) is 65.9. The monoisotopic (exact) mass is 1640 g/mol. The molecule has 26 rings (SSSR count). The van der Waals surface area contributed by atoms with Gasteiger partial charge in [-0.25, -0.2) is 9.69 Å². The summed E-state index contributed by atoms with van der Waals surface area (Å²) in [6.45, 7) is 18.4. The van der Waals surface area contributed by atoms with Gasteiger partial charge in [0.05, 0.1) is 101 Å². The third kappa shape index (κ3) is 10.1. The molecule has 0 unspecified atom stereocenters. The summed E-state index contributed by atoms with van der Waals surface area (Å²) in [6.07, 6.45) is 0. The van der Waals surface area contributed by atoms with Crippen LogP contribution >= 0.6 is 45.3 Å². The quantitative estimate of drug-likeness (QED) is 0.142. The van der Waals surface area contributed by atoms with Gasteiger partial charge in [0.25, 0.3) is 0 Å². The predicted molar refractivity (Wildman–Crippen MR) is 525 cm³/mol. The number of thiophene rings is 4. The van der Waals surface area contributed by atoms with Crippen molar-refractivity contribution in [2.24, 2.45) is 0 Å². The summed E-state index contributed by atoms with van der Waals surface area (Å²) in [5, 5.41) is 42.3. The number of hydrogen-bond acceptors (Lipinski definition) is 6. The molecule has 0 saturated heterocycles. The summed E-state index contributed by atoms with van der Waals surface area (Å²) >= 11 is 7.22. The van der Waals surface area contributed by atoms with E-state index in [1.54, 1.807) is 22.7 Å². The first-order chi connectivity index (χ1) is 61.5. The molecule has 18 aromatic carbocycles. The van der Waals surface area contributed by atoms with E-state index in [1.807, 2.05) is 95.5 Å². The van der Waals surface area contributed by atoms with Crippen molar-refractivity contribution in [3.63, 3.8) is 0 Å². The van der Waals surface area contributed by atoms with Gasteiger partial charge in [0.1, 0.15) is 12.1 Å². The van der Waals surface area contributed by atoms with Crippen molar-refractivity contribution in [1.29, 1.82) is 10.5 Å². The average molecular weight is 1650 g/mol. The Morgan fingerprint density at radius 3 is 0.839 bits per heavy atom. The molecule has 0 aliphatic rings. The van der Waals surface area contributed by atoms with Crippen LogP contribution in [0.15, 0.2) is 364 Å². The van der Waals surface area contributed by atoms with Crippen LogP contribution < -0.4 is 0 Å². The summed E-state index contributed by atoms with van der Waals surface area (Å²) < 4.78 is 19.0. The fraction of sp³-hybridized carbons (Fsp3) is 0. The molecule has 12 heteroatoms. The van der Waals surface area contributed by atoms with Gasteiger partial charge in [0.15, 0.2) is 0 Å². The highest BCUT2D eigenvalue weighted by molar-refractivity contribution is 7.28. The largest absolute Gasteiger partial charge is 0.318 e. The molecule has 572 valence electrons. The molecule has 0 atom stereocenters. The molecule has 0 bridgehead atoms. The Morgan fingerprint density at radius 2 is 0.476 bits per heavy atom. The first-order valence-electron chi connectivity index (χ1n) is 41.1. The third-order valence-electron chi connectivity index (χ3n) is 25.2. The van der Waals surface area contributed by atoms with E-state index in [9.17, 15) is 23.7 Å². The molecule has 0 aliphatic carbocycles. The lowest BCUT2D eigenvalue weighted by Gasteiger charge is -2.26. The van der Waals surface area contributed by atoms with Gasteiger partial charge in [0, 0.05) is 137 Å². The molecule has 0 amide bonds. The third-order valence-corrected chi connectivity index (χ3v) is 29.9. The number of rotatable bonds is 8. The van der Waals surface area contributed by atoms with Crippen molar-refractivity contribution in [1.82, 2.24) is 18.3 Å². The summed E-state index contributed by atoms with van der Waals surface area (Å²) in [4.78, 5) is 9.03. The van der Waals surface area contributed by atoms with Crippen LogP contribution in [0.25, 0.3) is 245 Å². The van der Waals surface area contributed by atoms with Gasteiger partial charge in [-0.2, -0.15) is 10.5 Å². The molecular formula is C112H60N8S4. The fourth-order valence-electron chi connectivity index (χ4n) is 20.1. The zero-order valence-corrected chi connectivity index (χ0v) is 69.1. The van der Waals surface area contributed by atoms with Crippen molar-refractivity contribution in [2.75, 3.05) is 0 Å². The van der Waals surface area contributed by atoms with Crippen molar-refractivity contribution >= 4 is 225 Å². The number of para-hydroxylation sites is 4. The van der Waals surface area contributed by atoms with Crippen LogP contribution in [0.2, 0.25) is 0 Å². The van der Waals surface area contributed by atoms with Crippen molar-refractivity contribution in [3.05, 3.63) is 398 Å². The average Bonchev–Trinajstić information content (AvgIpc) is 1.47. The second-order valence-corrected chi connectivity index (χ2v) is 35.6. The molecule has 26 aromatic rings. The summed E-state index contributed by atoms with van der Waals surface area (Å²) in [5.41, 5.74) is 19.3. The first kappa shape index (κ1) is 71.0. The van der Waals surface area contributed by atoms with E-state index in [4.69, 9.17) is 0 Å². The Balaban J connectivity index is 0.000000136. The van der Waals surface area contributed by atoms with E-state index in [1.165, 1.54) is 71.3 Å². The standard InChI is InChI=1S/2C56H30N4S2/c1-58-52-48(33-16-4-2-5-17-33)41(32-57)53(59-42-24-12-8-22-39(42)50-44(59)30-28-37-35-20-10-14-26-46(35)61-55(37)50)49(34-18-6-3-7-19-34)54(52)60-43-25-13-9-23-40(43)51-45(60)31-29-38-36-21-11-15-27-47(36)62-56(38)51;1-58-50-48(33-16-4-2-5-17-33)43(32-57)51(59-44-24-12-8-20-35(44)39-28-30-41-37-22-10-14-26-46(37)61-55(41)52(39)59)49(34-18-6-3-7-19-34)54(50)60-45-25-13-9-21-36(45)40-29-31-42-38-23-11-15-27-47(38)62-56(42)53(40)60/h2*2-31H. The highest BCUT2D eigenvalue weighted by Gasteiger charge is 2.36. The minimum Gasteiger partial charge on any atom is -0.318 e. The minimum atomic E-state index is 0.433. The number of benzene rings is 18. The van der Waals surface area contributed by atoms with Crippen LogP contribution in [0.1, 0.15) is 11.1 Å². The van der Waals surface area contributed by atoms with Crippen molar-refractivity contribution < 1.29 is 0 Å². The second kappa shape index (κ2) is 27.8. The van der Waals surface area contributed by atoms with Gasteiger partial charge >= 0.3 is 0 Å². The van der Waals surface area contributed by atoms with E-state index in [2.05, 4.69) is 331 Å². The van der Waals surface area contributed by atoms with Gasteiger partial charge < -0.3 is 18.3 Å². The molecule has 0 spiro atoms. The Morgan fingerprint density at radius 1 is 0.218 bits per heavy atom. The zero-order chi connectivity index (χ0) is 82.1. The Hall–Kier alpha value is -16.0. The molecule has 8 nitrogen and oxygen atoms in total. The summed E-state index contributed by atoms with van der Waals surface area (Å²) in [5.74, 6) is 0. The molecular weight excluding hydrogens is 1590 g/mol. The predicted octanol–water partition coefficient (Wildman–Crippen LogP) is 32.7. The molecule has 8 aromatic heterocycles. The Labute approximate surface area is 725 Å². The summed E-state index contributed by atoms with van der Waals surface area (Å²) in [7, 11) is 0. The van der Waals surface area contributed by atoms with E-state index < -0.39 is 0 Å². The van der Waals surface area contributed by atoms with Gasteiger partial charge in [0.2, 0.25) is 11.4 Å². The minimum absolute atomic E-state index is 0.433. The van der Waals surface area contributed by atoms with Crippen LogP contribution in [-0.4, -0.2) is 18.3 Å². The first-order valence-corrected chi connectivity index (χ1v) is 44.3. The molecule has 0 saturated carbocycles. The maximum Gasteiger partial charge on any atom is 0.220 e. The summed E-state index contributed by atoms with van der Waals surface area (Å²) in [6, 6.07) is 133. The smallest absolute Gasteiger partial charge is 0.220 e. The maximum atomic E-state index is 11.8. The SMILES string of the molecule is [C-]#[N+]c1c(-c2ccccc2)c(C#N)c(-n2c3ccccc3c3c4sc5ccccc5c4ccc32)c(-c2ccccc2)c1-n1c2ccccc2c2c3sc4ccccc4c3ccc21.[C-]#[N+]c1c(-c2ccccc2)c(C#N)c(-n2c3ccccc3c3ccc4c5ccccc5sc4c32)c(-c2ccccc2)c1-n1c2ccccc2c2ccc3c4ccccc4sc3c21. The Bertz CT molecular complexity index is 8850. The van der Waals surface area contributed by atoms with Gasteiger partial charge in [-0.1, -0.05) is 303 Å². The van der Waals surface area contributed by atoms with Gasteiger partial charge in [-0.3, -0.25) is 0 Å². The lowest BCUT2D eigenvalue weighted by molar-refractivity contribution is 1.13. The second-order valence-electron chi connectivity index (χ2n) is 31.4. The van der Waals surface area contributed by atoms with Crippen LogP contribution in [0.4, 0.5) is 11.4 Å². The number of hydrogen-bond donors (Lipinski definition) is 0. The number of nitrogens with zero attached hydrogens (tertiary/aromatic N) is 8. The highest BCUT2D eigenvalue weighted by Crippen LogP contribution is 2.58. The van der Waals surface area contributed by atoms with Gasteiger partial charge in [-0.05, 0) is 82.9 Å². The normalized spacial score (nSPS) is 11.8. The Kier molecular flexibility index (Phi) is 15.9. The molecule has 0 radical (unpaired) electrons. The van der Waals surface area contributed by atoms with E-state index in [0.717, 1.165) is 153 Å². The lowest BCUT2D eigenvalue weighted by Crippen LogP contribution is -2.08. The molecule has 8 heterocycles. The van der Waals surface area contributed by atoms with E-state index >= 15 is 0 Å². The number of nitriles is 2. The van der Waals surface area contributed by atoms with Crippen LogP contribution in [0, 0.1) is 35.8 Å².